The van der Waals surface area contributed by atoms with E-state index < -0.39 is 0 Å². The molecule has 2 heterocycles. The number of benzene rings is 1. The number of hydrogen-bond donors (Lipinski definition) is 1. The minimum atomic E-state index is -0.176. The van der Waals surface area contributed by atoms with Crippen molar-refractivity contribution in [3.63, 3.8) is 0 Å². The van der Waals surface area contributed by atoms with Gasteiger partial charge in [0.05, 0.1) is 16.9 Å². The van der Waals surface area contributed by atoms with Gasteiger partial charge in [0.2, 0.25) is 0 Å². The molecule has 1 aromatic carbocycles. The summed E-state index contributed by atoms with van der Waals surface area (Å²) in [5, 5.41) is 0.998. The Morgan fingerprint density at radius 3 is 2.73 bits per heavy atom. The SMILES string of the molecule is C=C(c1cc2c(CC)ccc(F)c2[nH]1)N1CC2CCCC2C1. The van der Waals surface area contributed by atoms with E-state index in [4.69, 9.17) is 0 Å². The van der Waals surface area contributed by atoms with E-state index in [0.29, 0.717) is 5.52 Å². The molecule has 1 aliphatic heterocycles. The third-order valence-corrected chi connectivity index (χ3v) is 5.63. The van der Waals surface area contributed by atoms with Crippen molar-refractivity contribution in [3.8, 4) is 0 Å². The number of likely N-dealkylation sites (tertiary alicyclic amines) is 1. The van der Waals surface area contributed by atoms with Crippen molar-refractivity contribution in [2.75, 3.05) is 13.1 Å². The van der Waals surface area contributed by atoms with Crippen molar-refractivity contribution < 1.29 is 4.39 Å². The van der Waals surface area contributed by atoms with Crippen molar-refractivity contribution in [3.05, 3.63) is 41.9 Å². The summed E-state index contributed by atoms with van der Waals surface area (Å²) >= 11 is 0. The largest absolute Gasteiger partial charge is 0.370 e. The monoisotopic (exact) mass is 298 g/mol. The molecular weight excluding hydrogens is 275 g/mol. The fourth-order valence-corrected chi connectivity index (χ4v) is 4.33. The van der Waals surface area contributed by atoms with Crippen molar-refractivity contribution in [2.45, 2.75) is 32.6 Å². The Labute approximate surface area is 131 Å². The van der Waals surface area contributed by atoms with Crippen LogP contribution in [0.2, 0.25) is 0 Å². The highest BCUT2D eigenvalue weighted by Crippen LogP contribution is 2.40. The molecule has 0 amide bonds. The van der Waals surface area contributed by atoms with Gasteiger partial charge < -0.3 is 9.88 Å². The standard InChI is InChI=1S/C19H23FN2/c1-3-13-7-8-17(20)19-16(13)9-18(21-19)12(2)22-10-14-5-4-6-15(14)11-22/h7-9,14-15,21H,2-6,10-11H2,1H3. The van der Waals surface area contributed by atoms with E-state index in [2.05, 4.69) is 29.5 Å². The molecule has 1 aromatic heterocycles. The molecule has 0 bridgehead atoms. The van der Waals surface area contributed by atoms with Crippen LogP contribution in [0.25, 0.3) is 16.6 Å². The van der Waals surface area contributed by atoms with Gasteiger partial charge in [-0.25, -0.2) is 4.39 Å². The van der Waals surface area contributed by atoms with E-state index in [-0.39, 0.29) is 5.82 Å². The van der Waals surface area contributed by atoms with E-state index in [1.165, 1.54) is 24.8 Å². The van der Waals surface area contributed by atoms with Gasteiger partial charge in [-0.1, -0.05) is 26.0 Å². The molecule has 2 fully saturated rings. The second-order valence-corrected chi connectivity index (χ2v) is 6.83. The number of H-pyrrole nitrogens is 1. The molecule has 2 atom stereocenters. The van der Waals surface area contributed by atoms with Crippen molar-refractivity contribution in [1.29, 1.82) is 0 Å². The van der Waals surface area contributed by atoms with Gasteiger partial charge in [0, 0.05) is 18.5 Å². The number of nitrogens with zero attached hydrogens (tertiary/aromatic N) is 1. The highest BCUT2D eigenvalue weighted by molar-refractivity contribution is 5.87. The smallest absolute Gasteiger partial charge is 0.147 e. The molecule has 2 nitrogen and oxygen atoms in total. The zero-order valence-electron chi connectivity index (χ0n) is 13.2. The number of aromatic nitrogens is 1. The molecular formula is C19H23FN2. The van der Waals surface area contributed by atoms with Gasteiger partial charge in [-0.05, 0) is 48.8 Å². The molecule has 1 N–H and O–H groups in total. The molecule has 3 heteroatoms. The van der Waals surface area contributed by atoms with E-state index in [1.54, 1.807) is 6.07 Å². The lowest BCUT2D eigenvalue weighted by Crippen LogP contribution is -2.19. The van der Waals surface area contributed by atoms with Crippen LogP contribution in [-0.4, -0.2) is 23.0 Å². The first-order chi connectivity index (χ1) is 10.7. The second-order valence-electron chi connectivity index (χ2n) is 6.83. The van der Waals surface area contributed by atoms with Crippen LogP contribution in [0.5, 0.6) is 0 Å². The van der Waals surface area contributed by atoms with Crippen LogP contribution in [0.4, 0.5) is 4.39 Å². The highest BCUT2D eigenvalue weighted by atomic mass is 19.1. The maximum absolute atomic E-state index is 14.1. The van der Waals surface area contributed by atoms with Crippen molar-refractivity contribution in [1.82, 2.24) is 9.88 Å². The van der Waals surface area contributed by atoms with Crippen LogP contribution < -0.4 is 0 Å². The third kappa shape index (κ3) is 2.06. The minimum Gasteiger partial charge on any atom is -0.370 e. The molecule has 116 valence electrons. The zero-order valence-corrected chi connectivity index (χ0v) is 13.2. The van der Waals surface area contributed by atoms with Crippen LogP contribution in [0, 0.1) is 17.7 Å². The molecule has 2 unspecified atom stereocenters. The molecule has 0 radical (unpaired) electrons. The summed E-state index contributed by atoms with van der Waals surface area (Å²) in [5.41, 5.74) is 3.79. The summed E-state index contributed by atoms with van der Waals surface area (Å²) in [7, 11) is 0. The van der Waals surface area contributed by atoms with Gasteiger partial charge in [0.1, 0.15) is 5.82 Å². The van der Waals surface area contributed by atoms with Gasteiger partial charge >= 0.3 is 0 Å². The Bertz CT molecular complexity index is 718. The van der Waals surface area contributed by atoms with Crippen LogP contribution >= 0.6 is 0 Å². The first-order valence-electron chi connectivity index (χ1n) is 8.41. The molecule has 2 aromatic rings. The summed E-state index contributed by atoms with van der Waals surface area (Å²) < 4.78 is 14.1. The first kappa shape index (κ1) is 13.9. The number of halogens is 1. The predicted octanol–water partition coefficient (Wildman–Crippen LogP) is 4.57. The van der Waals surface area contributed by atoms with Gasteiger partial charge in [-0.2, -0.15) is 0 Å². The quantitative estimate of drug-likeness (QED) is 0.879. The summed E-state index contributed by atoms with van der Waals surface area (Å²) in [5.74, 6) is 1.50. The zero-order chi connectivity index (χ0) is 15.3. The van der Waals surface area contributed by atoms with E-state index in [9.17, 15) is 4.39 Å². The van der Waals surface area contributed by atoms with Gasteiger partial charge in [0.15, 0.2) is 0 Å². The maximum atomic E-state index is 14.1. The predicted molar refractivity (Wildman–Crippen MR) is 89.1 cm³/mol. The lowest BCUT2D eigenvalue weighted by Gasteiger charge is -2.21. The Morgan fingerprint density at radius 1 is 1.32 bits per heavy atom. The number of aromatic amines is 1. The average molecular weight is 298 g/mol. The van der Waals surface area contributed by atoms with Gasteiger partial charge in [-0.15, -0.1) is 0 Å². The maximum Gasteiger partial charge on any atom is 0.147 e. The normalized spacial score (nSPS) is 24.2. The van der Waals surface area contributed by atoms with Crippen molar-refractivity contribution >= 4 is 16.6 Å². The van der Waals surface area contributed by atoms with Crippen LogP contribution in [0.1, 0.15) is 37.4 Å². The Kier molecular flexibility index (Phi) is 3.24. The van der Waals surface area contributed by atoms with E-state index in [0.717, 1.165) is 48.1 Å². The molecule has 4 rings (SSSR count). The van der Waals surface area contributed by atoms with Gasteiger partial charge in [0.25, 0.3) is 0 Å². The molecule has 0 spiro atoms. The lowest BCUT2D eigenvalue weighted by molar-refractivity contribution is 0.442. The first-order valence-corrected chi connectivity index (χ1v) is 8.41. The van der Waals surface area contributed by atoms with Crippen LogP contribution in [-0.2, 0) is 6.42 Å². The minimum absolute atomic E-state index is 0.176. The third-order valence-electron chi connectivity index (χ3n) is 5.63. The number of rotatable bonds is 3. The Hall–Kier alpha value is -1.77. The molecule has 1 saturated carbocycles. The number of nitrogens with one attached hydrogen (secondary N) is 1. The second kappa shape index (κ2) is 5.15. The van der Waals surface area contributed by atoms with Crippen LogP contribution in [0.3, 0.4) is 0 Å². The fraction of sp³-hybridized carbons (Fsp3) is 0.474. The van der Waals surface area contributed by atoms with E-state index in [1.807, 2.05) is 6.07 Å². The highest BCUT2D eigenvalue weighted by Gasteiger charge is 2.36. The summed E-state index contributed by atoms with van der Waals surface area (Å²) in [6.07, 6.45) is 5.01. The molecule has 2 aliphatic rings. The molecule has 1 saturated heterocycles. The number of aryl methyl sites for hydroxylation is 1. The summed E-state index contributed by atoms with van der Waals surface area (Å²) in [6.45, 7) is 8.62. The summed E-state index contributed by atoms with van der Waals surface area (Å²) in [4.78, 5) is 5.66. The number of fused-ring (bicyclic) bond motifs is 2. The van der Waals surface area contributed by atoms with E-state index >= 15 is 0 Å². The Balaban J connectivity index is 1.66. The fourth-order valence-electron chi connectivity index (χ4n) is 4.33. The Morgan fingerprint density at radius 2 is 2.05 bits per heavy atom. The van der Waals surface area contributed by atoms with Crippen LogP contribution in [0.15, 0.2) is 24.8 Å². The lowest BCUT2D eigenvalue weighted by atomic mass is 10.0. The molecule has 22 heavy (non-hydrogen) atoms. The topological polar surface area (TPSA) is 19.0 Å². The average Bonchev–Trinajstić information content (AvgIpc) is 3.20. The number of hydrogen-bond acceptors (Lipinski definition) is 1. The summed E-state index contributed by atoms with van der Waals surface area (Å²) in [6, 6.07) is 5.52. The van der Waals surface area contributed by atoms with Gasteiger partial charge in [-0.3, -0.25) is 0 Å². The molecule has 1 aliphatic carbocycles. The van der Waals surface area contributed by atoms with Crippen molar-refractivity contribution in [2.24, 2.45) is 11.8 Å².